The molecule has 0 aromatic carbocycles. The maximum Gasteiger partial charge on any atom is 0.416 e. The molecule has 1 fully saturated rings. The largest absolute Gasteiger partial charge is 0.447 e. The molecule has 1 atom stereocenters. The van der Waals surface area contributed by atoms with Gasteiger partial charge in [0, 0.05) is 0 Å². The van der Waals surface area contributed by atoms with Crippen LogP contribution in [0.4, 0.5) is 4.79 Å². The summed E-state index contributed by atoms with van der Waals surface area (Å²) in [5.41, 5.74) is 0. The lowest BCUT2D eigenvalue weighted by atomic mass is 10.1. The Hall–Kier alpha value is -1.48. The van der Waals surface area contributed by atoms with Crippen molar-refractivity contribution in [3.63, 3.8) is 0 Å². The minimum atomic E-state index is -0.609. The maximum absolute atomic E-state index is 12.0. The van der Waals surface area contributed by atoms with Crippen LogP contribution in [0.15, 0.2) is 12.7 Å². The van der Waals surface area contributed by atoms with Gasteiger partial charge in [-0.1, -0.05) is 6.08 Å². The number of allylic oxidation sites excluding steroid dienone is 1. The zero-order valence-corrected chi connectivity index (χ0v) is 10.2. The molecule has 1 unspecified atom stereocenters. The van der Waals surface area contributed by atoms with Gasteiger partial charge < -0.3 is 4.74 Å². The average molecular weight is 254 g/mol. The molecular formula is C11H14N2O3S. The van der Waals surface area contributed by atoms with Gasteiger partial charge in [0.1, 0.15) is 12.0 Å². The van der Waals surface area contributed by atoms with Crippen molar-refractivity contribution in [2.45, 2.75) is 24.5 Å². The van der Waals surface area contributed by atoms with Gasteiger partial charge in [0.15, 0.2) is 0 Å². The summed E-state index contributed by atoms with van der Waals surface area (Å²) in [5.74, 6) is -0.330. The van der Waals surface area contributed by atoms with Gasteiger partial charge in [0.2, 0.25) is 5.91 Å². The molecule has 2 amide bonds. The highest BCUT2D eigenvalue weighted by atomic mass is 32.2. The fourth-order valence-corrected chi connectivity index (χ4v) is 2.15. The van der Waals surface area contributed by atoms with E-state index in [1.165, 1.54) is 0 Å². The molecule has 5 nitrogen and oxygen atoms in total. The third-order valence-corrected chi connectivity index (χ3v) is 3.20. The lowest BCUT2D eigenvalue weighted by Crippen LogP contribution is -2.38. The predicted molar refractivity (Wildman–Crippen MR) is 64.1 cm³/mol. The molecule has 0 N–H and O–H groups in total. The monoisotopic (exact) mass is 254 g/mol. The Kier molecular flexibility index (Phi) is 5.57. The number of nitriles is 1. The number of amides is 2. The zero-order chi connectivity index (χ0) is 12.7. The first-order valence-corrected chi connectivity index (χ1v) is 6.22. The van der Waals surface area contributed by atoms with Crippen molar-refractivity contribution in [1.29, 1.82) is 5.26 Å². The van der Waals surface area contributed by atoms with E-state index in [-0.39, 0.29) is 19.1 Å². The van der Waals surface area contributed by atoms with E-state index < -0.39 is 11.3 Å². The summed E-state index contributed by atoms with van der Waals surface area (Å²) in [7, 11) is 0. The number of imide groups is 1. The minimum absolute atomic E-state index is 0.237. The number of hydrogen-bond acceptors (Lipinski definition) is 5. The second kappa shape index (κ2) is 6.97. The molecule has 0 spiro atoms. The topological polar surface area (TPSA) is 70.4 Å². The van der Waals surface area contributed by atoms with E-state index in [2.05, 4.69) is 6.58 Å². The van der Waals surface area contributed by atoms with Gasteiger partial charge in [-0.2, -0.15) is 5.26 Å². The molecule has 0 saturated carbocycles. The van der Waals surface area contributed by atoms with Crippen molar-refractivity contribution in [1.82, 2.24) is 4.90 Å². The van der Waals surface area contributed by atoms with Gasteiger partial charge >= 0.3 is 6.09 Å². The van der Waals surface area contributed by atoms with Crippen LogP contribution in [0.5, 0.6) is 0 Å². The number of ether oxygens (including phenoxy) is 1. The van der Waals surface area contributed by atoms with Crippen LogP contribution in [-0.2, 0) is 9.53 Å². The van der Waals surface area contributed by atoms with Crippen molar-refractivity contribution in [2.24, 2.45) is 0 Å². The molecule has 17 heavy (non-hydrogen) atoms. The van der Waals surface area contributed by atoms with Crippen molar-refractivity contribution >= 4 is 23.8 Å². The number of cyclic esters (lactones) is 1. The molecule has 1 saturated heterocycles. The van der Waals surface area contributed by atoms with Gasteiger partial charge in [-0.05, 0) is 31.0 Å². The summed E-state index contributed by atoms with van der Waals surface area (Å²) in [5, 5.41) is 10.1. The quantitative estimate of drug-likeness (QED) is 0.411. The molecule has 0 aromatic rings. The van der Waals surface area contributed by atoms with Gasteiger partial charge in [-0.3, -0.25) is 4.79 Å². The van der Waals surface area contributed by atoms with E-state index in [9.17, 15) is 9.59 Å². The van der Waals surface area contributed by atoms with Gasteiger partial charge in [-0.25, -0.2) is 9.69 Å². The van der Waals surface area contributed by atoms with E-state index in [0.717, 1.165) is 29.5 Å². The standard InChI is InChI=1S/C11H14N2O3S/c1-2-3-4-5-9(17-8-12)10(14)13-6-7-16-11(13)15/h2,9H,1,3-7H2. The van der Waals surface area contributed by atoms with Crippen LogP contribution in [0.2, 0.25) is 0 Å². The summed E-state index contributed by atoms with van der Waals surface area (Å²) in [6.07, 6.45) is 3.29. The second-order valence-corrected chi connectivity index (χ2v) is 4.51. The number of carbonyl (C=O) groups is 2. The molecule has 0 aliphatic carbocycles. The van der Waals surface area contributed by atoms with E-state index in [1.807, 2.05) is 5.40 Å². The molecule has 92 valence electrons. The van der Waals surface area contributed by atoms with E-state index >= 15 is 0 Å². The van der Waals surface area contributed by atoms with Crippen molar-refractivity contribution in [3.05, 3.63) is 12.7 Å². The molecule has 1 heterocycles. The van der Waals surface area contributed by atoms with Crippen molar-refractivity contribution in [3.8, 4) is 5.40 Å². The summed E-state index contributed by atoms with van der Waals surface area (Å²) in [6.45, 7) is 4.11. The number of nitrogens with zero attached hydrogens (tertiary/aromatic N) is 2. The van der Waals surface area contributed by atoms with Crippen LogP contribution < -0.4 is 0 Å². The highest BCUT2D eigenvalue weighted by molar-refractivity contribution is 8.04. The number of hydrogen-bond donors (Lipinski definition) is 0. The molecule has 0 radical (unpaired) electrons. The Morgan fingerprint density at radius 1 is 1.76 bits per heavy atom. The second-order valence-electron chi connectivity index (χ2n) is 3.52. The number of rotatable bonds is 6. The highest BCUT2D eigenvalue weighted by Crippen LogP contribution is 2.20. The number of carbonyl (C=O) groups excluding carboxylic acids is 2. The van der Waals surface area contributed by atoms with Gasteiger partial charge in [0.05, 0.1) is 11.8 Å². The minimum Gasteiger partial charge on any atom is -0.447 e. The number of unbranched alkanes of at least 4 members (excludes halogenated alkanes) is 1. The van der Waals surface area contributed by atoms with Crippen LogP contribution in [0.3, 0.4) is 0 Å². The molecule has 6 heteroatoms. The fourth-order valence-electron chi connectivity index (χ4n) is 1.51. The molecular weight excluding hydrogens is 240 g/mol. The van der Waals surface area contributed by atoms with Gasteiger partial charge in [-0.15, -0.1) is 6.58 Å². The van der Waals surface area contributed by atoms with Crippen LogP contribution in [0.1, 0.15) is 19.3 Å². The molecule has 1 aliphatic rings. The third kappa shape index (κ3) is 3.79. The smallest absolute Gasteiger partial charge is 0.416 e. The predicted octanol–water partition coefficient (Wildman–Crippen LogP) is 1.90. The summed E-state index contributed by atoms with van der Waals surface area (Å²) in [6, 6.07) is 0. The summed E-state index contributed by atoms with van der Waals surface area (Å²) in [4.78, 5) is 24.3. The fraction of sp³-hybridized carbons (Fsp3) is 0.545. The van der Waals surface area contributed by atoms with E-state index in [4.69, 9.17) is 10.00 Å². The first-order chi connectivity index (χ1) is 8.20. The Balaban J connectivity index is 2.56. The molecule has 0 aromatic heterocycles. The molecule has 1 aliphatic heterocycles. The van der Waals surface area contributed by atoms with Crippen LogP contribution in [-0.4, -0.2) is 35.3 Å². The molecule has 1 rings (SSSR count). The first-order valence-electron chi connectivity index (χ1n) is 5.34. The zero-order valence-electron chi connectivity index (χ0n) is 9.42. The Morgan fingerprint density at radius 2 is 2.53 bits per heavy atom. The molecule has 0 bridgehead atoms. The van der Waals surface area contributed by atoms with Crippen molar-refractivity contribution < 1.29 is 14.3 Å². The third-order valence-electron chi connectivity index (χ3n) is 2.37. The summed E-state index contributed by atoms with van der Waals surface area (Å²) < 4.78 is 4.70. The maximum atomic E-state index is 12.0. The lowest BCUT2D eigenvalue weighted by molar-refractivity contribution is -0.127. The van der Waals surface area contributed by atoms with E-state index in [0.29, 0.717) is 6.42 Å². The number of thiocyanates is 1. The van der Waals surface area contributed by atoms with Crippen LogP contribution >= 0.6 is 11.8 Å². The normalized spacial score (nSPS) is 16.2. The highest BCUT2D eigenvalue weighted by Gasteiger charge is 2.33. The Morgan fingerprint density at radius 3 is 3.06 bits per heavy atom. The van der Waals surface area contributed by atoms with Crippen LogP contribution in [0, 0.1) is 10.7 Å². The number of thioether (sulfide) groups is 1. The average Bonchev–Trinajstić information content (AvgIpc) is 2.74. The van der Waals surface area contributed by atoms with Crippen molar-refractivity contribution in [2.75, 3.05) is 13.2 Å². The Labute approximate surface area is 104 Å². The SMILES string of the molecule is C=CCCCC(SC#N)C(=O)N1CCOC1=O. The van der Waals surface area contributed by atoms with E-state index in [1.54, 1.807) is 6.08 Å². The summed E-state index contributed by atoms with van der Waals surface area (Å²) >= 11 is 0.896. The first kappa shape index (κ1) is 13.6. The van der Waals surface area contributed by atoms with Crippen LogP contribution in [0.25, 0.3) is 0 Å². The lowest BCUT2D eigenvalue weighted by Gasteiger charge is -2.16. The van der Waals surface area contributed by atoms with Gasteiger partial charge in [0.25, 0.3) is 0 Å². The Bertz CT molecular complexity index is 351.